The van der Waals surface area contributed by atoms with Gasteiger partial charge >= 0.3 is 0 Å². The number of halogens is 2. The average Bonchev–Trinajstić information content (AvgIpc) is 2.38. The zero-order valence-corrected chi connectivity index (χ0v) is 12.3. The molecule has 0 bridgehead atoms. The van der Waals surface area contributed by atoms with Crippen molar-refractivity contribution in [2.75, 3.05) is 6.54 Å². The third-order valence-electron chi connectivity index (χ3n) is 3.14. The Labute approximate surface area is 121 Å². The molecule has 1 unspecified atom stereocenters. The van der Waals surface area contributed by atoms with E-state index in [1.54, 1.807) is 18.3 Å². The predicted molar refractivity (Wildman–Crippen MR) is 78.6 cm³/mol. The Kier molecular flexibility index (Phi) is 4.66. The summed E-state index contributed by atoms with van der Waals surface area (Å²) in [6.07, 6.45) is 2.58. The Balaban J connectivity index is 2.41. The largest absolute Gasteiger partial charge is 0.330 e. The lowest BCUT2D eigenvalue weighted by atomic mass is 9.90. The van der Waals surface area contributed by atoms with Gasteiger partial charge in [-0.05, 0) is 65.1 Å². The molecule has 2 N–H and O–H groups in total. The molecule has 1 aromatic carbocycles. The van der Waals surface area contributed by atoms with Crippen LogP contribution in [0.4, 0.5) is 4.39 Å². The number of benzene rings is 1. The summed E-state index contributed by atoms with van der Waals surface area (Å²) in [4.78, 5) is 4.50. The fourth-order valence-corrected chi connectivity index (χ4v) is 2.68. The zero-order valence-electron chi connectivity index (χ0n) is 10.7. The normalized spacial score (nSPS) is 12.4. The molecule has 0 saturated carbocycles. The SMILES string of the molecule is Cc1cc(Br)cnc1C(CCN)c1ccc(F)cc1. The Bertz CT molecular complexity index is 555. The number of aromatic nitrogens is 1. The molecule has 0 spiro atoms. The highest BCUT2D eigenvalue weighted by Crippen LogP contribution is 2.29. The van der Waals surface area contributed by atoms with Crippen molar-refractivity contribution in [2.24, 2.45) is 5.73 Å². The fraction of sp³-hybridized carbons (Fsp3) is 0.267. The van der Waals surface area contributed by atoms with E-state index in [0.29, 0.717) is 6.54 Å². The molecule has 1 atom stereocenters. The van der Waals surface area contributed by atoms with E-state index in [9.17, 15) is 4.39 Å². The predicted octanol–water partition coefficient (Wildman–Crippen LogP) is 3.77. The molecule has 4 heteroatoms. The van der Waals surface area contributed by atoms with E-state index in [-0.39, 0.29) is 11.7 Å². The second-order valence-corrected chi connectivity index (χ2v) is 5.45. The van der Waals surface area contributed by atoms with Crippen LogP contribution in [0.25, 0.3) is 0 Å². The number of hydrogen-bond acceptors (Lipinski definition) is 2. The minimum absolute atomic E-state index is 0.110. The molecule has 0 aliphatic carbocycles. The quantitative estimate of drug-likeness (QED) is 0.930. The summed E-state index contributed by atoms with van der Waals surface area (Å²) in [5.74, 6) is -0.116. The van der Waals surface area contributed by atoms with Crippen LogP contribution in [0.1, 0.15) is 29.2 Å². The van der Waals surface area contributed by atoms with E-state index in [4.69, 9.17) is 5.73 Å². The minimum atomic E-state index is -0.226. The van der Waals surface area contributed by atoms with Crippen LogP contribution in [0.15, 0.2) is 41.0 Å². The van der Waals surface area contributed by atoms with E-state index in [1.165, 1.54) is 12.1 Å². The summed E-state index contributed by atoms with van der Waals surface area (Å²) in [5.41, 5.74) is 8.86. The van der Waals surface area contributed by atoms with Gasteiger partial charge in [0.05, 0.1) is 5.69 Å². The van der Waals surface area contributed by atoms with E-state index >= 15 is 0 Å². The maximum absolute atomic E-state index is 13.0. The van der Waals surface area contributed by atoms with Gasteiger partial charge in [0.15, 0.2) is 0 Å². The van der Waals surface area contributed by atoms with Crippen molar-refractivity contribution < 1.29 is 4.39 Å². The molecule has 0 fully saturated rings. The molecule has 2 nitrogen and oxygen atoms in total. The standard InChI is InChI=1S/C15H16BrFN2/c1-10-8-12(16)9-19-15(10)14(6-7-18)11-2-4-13(17)5-3-11/h2-5,8-9,14H,6-7,18H2,1H3. The van der Waals surface area contributed by atoms with Crippen LogP contribution < -0.4 is 5.73 Å². The van der Waals surface area contributed by atoms with Crippen LogP contribution in [0.2, 0.25) is 0 Å². The number of rotatable bonds is 4. The summed E-state index contributed by atoms with van der Waals surface area (Å²) in [6, 6.07) is 8.60. The van der Waals surface area contributed by atoms with E-state index < -0.39 is 0 Å². The summed E-state index contributed by atoms with van der Waals surface area (Å²) >= 11 is 3.41. The van der Waals surface area contributed by atoms with Crippen molar-refractivity contribution in [1.82, 2.24) is 4.98 Å². The molecule has 0 radical (unpaired) electrons. The van der Waals surface area contributed by atoms with Gasteiger partial charge in [-0.2, -0.15) is 0 Å². The minimum Gasteiger partial charge on any atom is -0.330 e. The van der Waals surface area contributed by atoms with Gasteiger partial charge in [-0.25, -0.2) is 4.39 Å². The maximum Gasteiger partial charge on any atom is 0.123 e. The van der Waals surface area contributed by atoms with E-state index in [1.807, 2.05) is 13.0 Å². The molecular formula is C15H16BrFN2. The molecule has 1 aromatic heterocycles. The molecule has 0 aliphatic heterocycles. The number of pyridine rings is 1. The Morgan fingerprint density at radius 2 is 2.00 bits per heavy atom. The van der Waals surface area contributed by atoms with Gasteiger partial charge in [0.25, 0.3) is 0 Å². The van der Waals surface area contributed by atoms with Gasteiger partial charge < -0.3 is 5.73 Å². The topological polar surface area (TPSA) is 38.9 Å². The highest BCUT2D eigenvalue weighted by atomic mass is 79.9. The van der Waals surface area contributed by atoms with Crippen molar-refractivity contribution in [3.63, 3.8) is 0 Å². The highest BCUT2D eigenvalue weighted by Gasteiger charge is 2.17. The summed E-state index contributed by atoms with van der Waals surface area (Å²) < 4.78 is 14.0. The third-order valence-corrected chi connectivity index (χ3v) is 3.58. The third kappa shape index (κ3) is 3.39. The van der Waals surface area contributed by atoms with Crippen molar-refractivity contribution in [1.29, 1.82) is 0 Å². The van der Waals surface area contributed by atoms with E-state index in [2.05, 4.69) is 20.9 Å². The van der Waals surface area contributed by atoms with Crippen LogP contribution in [-0.2, 0) is 0 Å². The van der Waals surface area contributed by atoms with Gasteiger partial charge in [-0.15, -0.1) is 0 Å². The molecule has 100 valence electrons. The van der Waals surface area contributed by atoms with Crippen LogP contribution in [0, 0.1) is 12.7 Å². The first-order chi connectivity index (χ1) is 9.11. The Hall–Kier alpha value is -1.26. The monoisotopic (exact) mass is 322 g/mol. The number of nitrogens with zero attached hydrogens (tertiary/aromatic N) is 1. The molecule has 0 aliphatic rings. The molecular weight excluding hydrogens is 307 g/mol. The van der Waals surface area contributed by atoms with Gasteiger partial charge in [-0.3, -0.25) is 4.98 Å². The van der Waals surface area contributed by atoms with Gasteiger partial charge in [0.2, 0.25) is 0 Å². The van der Waals surface area contributed by atoms with Gasteiger partial charge in [0.1, 0.15) is 5.82 Å². The Morgan fingerprint density at radius 1 is 1.32 bits per heavy atom. The van der Waals surface area contributed by atoms with Crippen LogP contribution >= 0.6 is 15.9 Å². The number of hydrogen-bond donors (Lipinski definition) is 1. The van der Waals surface area contributed by atoms with Crippen molar-refractivity contribution >= 4 is 15.9 Å². The molecule has 2 rings (SSSR count). The second-order valence-electron chi connectivity index (χ2n) is 4.54. The van der Waals surface area contributed by atoms with Gasteiger partial charge in [0, 0.05) is 16.6 Å². The highest BCUT2D eigenvalue weighted by molar-refractivity contribution is 9.10. The second kappa shape index (κ2) is 6.26. The summed E-state index contributed by atoms with van der Waals surface area (Å²) in [5, 5.41) is 0. The average molecular weight is 323 g/mol. The van der Waals surface area contributed by atoms with Crippen molar-refractivity contribution in [3.05, 3.63) is 63.6 Å². The lowest BCUT2D eigenvalue weighted by Crippen LogP contribution is -2.11. The number of aryl methyl sites for hydroxylation is 1. The molecule has 2 aromatic rings. The lowest BCUT2D eigenvalue weighted by molar-refractivity contribution is 0.624. The smallest absolute Gasteiger partial charge is 0.123 e. The van der Waals surface area contributed by atoms with Crippen LogP contribution in [0.5, 0.6) is 0 Å². The summed E-state index contributed by atoms with van der Waals surface area (Å²) in [6.45, 7) is 2.60. The van der Waals surface area contributed by atoms with Crippen LogP contribution in [-0.4, -0.2) is 11.5 Å². The van der Waals surface area contributed by atoms with Gasteiger partial charge in [-0.1, -0.05) is 12.1 Å². The Morgan fingerprint density at radius 3 is 2.58 bits per heavy atom. The lowest BCUT2D eigenvalue weighted by Gasteiger charge is -2.18. The molecule has 1 heterocycles. The molecule has 0 amide bonds. The zero-order chi connectivity index (χ0) is 13.8. The van der Waals surface area contributed by atoms with Crippen molar-refractivity contribution in [3.8, 4) is 0 Å². The fourth-order valence-electron chi connectivity index (χ4n) is 2.24. The maximum atomic E-state index is 13.0. The molecule has 19 heavy (non-hydrogen) atoms. The number of nitrogens with two attached hydrogens (primary N) is 1. The van der Waals surface area contributed by atoms with Crippen LogP contribution in [0.3, 0.4) is 0 Å². The first-order valence-electron chi connectivity index (χ1n) is 6.19. The first kappa shape index (κ1) is 14.2. The summed E-state index contributed by atoms with van der Waals surface area (Å²) in [7, 11) is 0. The van der Waals surface area contributed by atoms with E-state index in [0.717, 1.165) is 27.7 Å². The van der Waals surface area contributed by atoms with Crippen molar-refractivity contribution in [2.45, 2.75) is 19.3 Å². The first-order valence-corrected chi connectivity index (χ1v) is 6.98. The molecule has 0 saturated heterocycles.